The van der Waals surface area contributed by atoms with Gasteiger partial charge in [0.05, 0.1) is 24.3 Å². The third-order valence-corrected chi connectivity index (χ3v) is 5.31. The minimum absolute atomic E-state index is 0.00788. The van der Waals surface area contributed by atoms with Gasteiger partial charge in [0.1, 0.15) is 5.69 Å². The monoisotopic (exact) mass is 378 g/mol. The number of carbonyl (C=O) groups is 1. The summed E-state index contributed by atoms with van der Waals surface area (Å²) >= 11 is 0. The van der Waals surface area contributed by atoms with Gasteiger partial charge in [-0.3, -0.25) is 4.79 Å². The third-order valence-electron chi connectivity index (χ3n) is 5.31. The van der Waals surface area contributed by atoms with Crippen LogP contribution in [0.1, 0.15) is 52.9 Å². The summed E-state index contributed by atoms with van der Waals surface area (Å²) in [5.41, 5.74) is 0.284. The summed E-state index contributed by atoms with van der Waals surface area (Å²) in [6.45, 7) is 5.21. The molecular formula is C20H21F3N2O2. The van der Waals surface area contributed by atoms with Crippen molar-refractivity contribution in [1.82, 2.24) is 10.3 Å². The van der Waals surface area contributed by atoms with Gasteiger partial charge in [-0.1, -0.05) is 6.92 Å². The van der Waals surface area contributed by atoms with Crippen LogP contribution in [0.15, 0.2) is 18.2 Å². The number of aryl methyl sites for hydroxylation is 1. The van der Waals surface area contributed by atoms with E-state index < -0.39 is 17.6 Å². The van der Waals surface area contributed by atoms with Gasteiger partial charge in [0.2, 0.25) is 0 Å². The fraction of sp³-hybridized carbons (Fsp3) is 0.500. The predicted molar refractivity (Wildman–Crippen MR) is 94.7 cm³/mol. The summed E-state index contributed by atoms with van der Waals surface area (Å²) in [4.78, 5) is 16.6. The maximum Gasteiger partial charge on any atom is 0.418 e. The largest absolute Gasteiger partial charge is 0.418 e. The topological polar surface area (TPSA) is 51.2 Å². The molecule has 2 aliphatic rings. The Kier molecular flexibility index (Phi) is 4.18. The van der Waals surface area contributed by atoms with Crippen molar-refractivity contribution < 1.29 is 22.7 Å². The van der Waals surface area contributed by atoms with Crippen molar-refractivity contribution in [3.63, 3.8) is 0 Å². The standard InChI is InChI=1S/C20H21F3N2O2/c1-11-5-16(18(26)24-8-19(2)9-27-10-19)25-17-14(11)6-13(12-3-4-12)7-15(17)20(21,22)23/h5-7,12H,3-4,8-10H2,1-2H3,(H,24,26). The molecule has 1 aromatic heterocycles. The Hall–Kier alpha value is -2.15. The molecule has 4 rings (SSSR count). The van der Waals surface area contributed by atoms with Gasteiger partial charge in [0.25, 0.3) is 5.91 Å². The van der Waals surface area contributed by atoms with Crippen LogP contribution in [-0.4, -0.2) is 30.6 Å². The summed E-state index contributed by atoms with van der Waals surface area (Å²) in [7, 11) is 0. The SMILES string of the molecule is Cc1cc(C(=O)NCC2(C)COC2)nc2c(C(F)(F)F)cc(C3CC3)cc12. The molecule has 4 nitrogen and oxygen atoms in total. The molecule has 1 aromatic carbocycles. The van der Waals surface area contributed by atoms with E-state index in [-0.39, 0.29) is 22.5 Å². The Bertz CT molecular complexity index is 916. The molecule has 1 N–H and O–H groups in total. The lowest BCUT2D eigenvalue weighted by molar-refractivity contribution is -0.136. The maximum atomic E-state index is 13.6. The number of benzene rings is 1. The van der Waals surface area contributed by atoms with Crippen LogP contribution < -0.4 is 5.32 Å². The zero-order valence-corrected chi connectivity index (χ0v) is 15.2. The molecule has 144 valence electrons. The van der Waals surface area contributed by atoms with Gasteiger partial charge in [0, 0.05) is 17.3 Å². The normalized spacial score (nSPS) is 19.0. The first-order valence-electron chi connectivity index (χ1n) is 9.05. The number of alkyl halides is 3. The average Bonchev–Trinajstić information content (AvgIpc) is 3.41. The van der Waals surface area contributed by atoms with E-state index in [1.165, 1.54) is 6.07 Å². The van der Waals surface area contributed by atoms with E-state index in [1.54, 1.807) is 19.1 Å². The molecule has 1 amide bonds. The van der Waals surface area contributed by atoms with Crippen LogP contribution in [0.2, 0.25) is 0 Å². The second kappa shape index (κ2) is 6.19. The van der Waals surface area contributed by atoms with Crippen molar-refractivity contribution in [1.29, 1.82) is 0 Å². The number of aromatic nitrogens is 1. The summed E-state index contributed by atoms with van der Waals surface area (Å²) in [5.74, 6) is -0.268. The Morgan fingerprint density at radius 1 is 1.30 bits per heavy atom. The molecule has 2 aromatic rings. The number of amides is 1. The van der Waals surface area contributed by atoms with Crippen LogP contribution in [0.3, 0.4) is 0 Å². The van der Waals surface area contributed by atoms with Crippen LogP contribution in [0, 0.1) is 12.3 Å². The number of carbonyl (C=O) groups excluding carboxylic acids is 1. The number of pyridine rings is 1. The quantitative estimate of drug-likeness (QED) is 0.867. The van der Waals surface area contributed by atoms with Crippen LogP contribution in [0.4, 0.5) is 13.2 Å². The van der Waals surface area contributed by atoms with Gasteiger partial charge in [0.15, 0.2) is 0 Å². The highest BCUT2D eigenvalue weighted by Crippen LogP contribution is 2.44. The Balaban J connectivity index is 1.73. The lowest BCUT2D eigenvalue weighted by atomic mass is 9.89. The summed E-state index contributed by atoms with van der Waals surface area (Å²) in [6, 6.07) is 4.55. The first-order valence-corrected chi connectivity index (χ1v) is 9.05. The van der Waals surface area contributed by atoms with Gasteiger partial charge in [-0.05, 0) is 55.0 Å². The number of rotatable bonds is 4. The van der Waals surface area contributed by atoms with Crippen molar-refractivity contribution in [2.45, 2.75) is 38.8 Å². The van der Waals surface area contributed by atoms with Gasteiger partial charge in [-0.15, -0.1) is 0 Å². The highest BCUT2D eigenvalue weighted by atomic mass is 19.4. The van der Waals surface area contributed by atoms with Crippen LogP contribution in [0.25, 0.3) is 10.9 Å². The maximum absolute atomic E-state index is 13.6. The van der Waals surface area contributed by atoms with Crippen LogP contribution >= 0.6 is 0 Å². The summed E-state index contributed by atoms with van der Waals surface area (Å²) in [6.07, 6.45) is -2.69. The van der Waals surface area contributed by atoms with E-state index in [2.05, 4.69) is 10.3 Å². The fourth-order valence-corrected chi connectivity index (χ4v) is 3.43. The smallest absolute Gasteiger partial charge is 0.380 e. The zero-order chi connectivity index (χ0) is 19.4. The average molecular weight is 378 g/mol. The molecule has 27 heavy (non-hydrogen) atoms. The van der Waals surface area contributed by atoms with Gasteiger partial charge in [-0.2, -0.15) is 13.2 Å². The fourth-order valence-electron chi connectivity index (χ4n) is 3.43. The van der Waals surface area contributed by atoms with E-state index in [4.69, 9.17) is 4.74 Å². The molecule has 7 heteroatoms. The lowest BCUT2D eigenvalue weighted by Crippen LogP contribution is -2.48. The number of hydrogen-bond donors (Lipinski definition) is 1. The molecule has 0 bridgehead atoms. The van der Waals surface area contributed by atoms with Crippen LogP contribution in [-0.2, 0) is 10.9 Å². The third kappa shape index (κ3) is 3.52. The number of fused-ring (bicyclic) bond motifs is 1. The Morgan fingerprint density at radius 2 is 2.00 bits per heavy atom. The van der Waals surface area contributed by atoms with Gasteiger partial charge >= 0.3 is 6.18 Å². The highest BCUT2D eigenvalue weighted by molar-refractivity contribution is 5.97. The molecule has 1 saturated carbocycles. The first kappa shape index (κ1) is 18.2. The molecule has 1 saturated heterocycles. The van der Waals surface area contributed by atoms with E-state index in [1.807, 2.05) is 6.92 Å². The summed E-state index contributed by atoms with van der Waals surface area (Å²) < 4.78 is 46.1. The highest BCUT2D eigenvalue weighted by Gasteiger charge is 2.37. The minimum Gasteiger partial charge on any atom is -0.380 e. The molecule has 0 radical (unpaired) electrons. The molecule has 1 aliphatic heterocycles. The zero-order valence-electron chi connectivity index (χ0n) is 15.2. The molecule has 0 atom stereocenters. The summed E-state index contributed by atoms with van der Waals surface area (Å²) in [5, 5.41) is 3.23. The van der Waals surface area contributed by atoms with Crippen molar-refractivity contribution >= 4 is 16.8 Å². The van der Waals surface area contributed by atoms with Crippen molar-refractivity contribution in [3.05, 3.63) is 40.6 Å². The Morgan fingerprint density at radius 3 is 2.56 bits per heavy atom. The number of hydrogen-bond acceptors (Lipinski definition) is 3. The molecule has 2 heterocycles. The van der Waals surface area contributed by atoms with E-state index >= 15 is 0 Å². The molecule has 2 fully saturated rings. The van der Waals surface area contributed by atoms with E-state index in [9.17, 15) is 18.0 Å². The second-order valence-corrected chi connectivity index (χ2v) is 8.05. The van der Waals surface area contributed by atoms with Crippen molar-refractivity contribution in [2.75, 3.05) is 19.8 Å². The van der Waals surface area contributed by atoms with Crippen molar-refractivity contribution in [3.8, 4) is 0 Å². The van der Waals surface area contributed by atoms with Crippen LogP contribution in [0.5, 0.6) is 0 Å². The van der Waals surface area contributed by atoms with E-state index in [0.717, 1.165) is 12.8 Å². The van der Waals surface area contributed by atoms with Gasteiger partial charge < -0.3 is 10.1 Å². The minimum atomic E-state index is -4.52. The molecule has 1 aliphatic carbocycles. The number of halogens is 3. The predicted octanol–water partition coefficient (Wildman–Crippen LogP) is 4.21. The van der Waals surface area contributed by atoms with E-state index in [0.29, 0.717) is 36.3 Å². The molecule has 0 spiro atoms. The molecular weight excluding hydrogens is 357 g/mol. The number of nitrogens with zero attached hydrogens (tertiary/aromatic N) is 1. The Labute approximate surface area is 155 Å². The number of nitrogens with one attached hydrogen (secondary N) is 1. The first-order chi connectivity index (χ1) is 12.7. The second-order valence-electron chi connectivity index (χ2n) is 8.05. The lowest BCUT2D eigenvalue weighted by Gasteiger charge is -2.37. The number of ether oxygens (including phenoxy) is 1. The molecule has 0 unspecified atom stereocenters. The van der Waals surface area contributed by atoms with Crippen molar-refractivity contribution in [2.24, 2.45) is 5.41 Å². The van der Waals surface area contributed by atoms with Gasteiger partial charge in [-0.25, -0.2) is 4.98 Å².